The predicted molar refractivity (Wildman–Crippen MR) is 70.2 cm³/mol. The van der Waals surface area contributed by atoms with Crippen LogP contribution in [0.2, 0.25) is 0 Å². The Morgan fingerprint density at radius 3 is 2.56 bits per heavy atom. The third-order valence-corrected chi connectivity index (χ3v) is 3.55. The fourth-order valence-corrected chi connectivity index (χ4v) is 2.46. The highest BCUT2D eigenvalue weighted by molar-refractivity contribution is 7.85. The Kier molecular flexibility index (Phi) is 4.69. The molecule has 1 atom stereocenters. The summed E-state index contributed by atoms with van der Waals surface area (Å²) in [6.07, 6.45) is 0. The van der Waals surface area contributed by atoms with E-state index >= 15 is 0 Å². The highest BCUT2D eigenvalue weighted by Crippen LogP contribution is 2.09. The van der Waals surface area contributed by atoms with Crippen LogP contribution in [0.15, 0.2) is 29.2 Å². The lowest BCUT2D eigenvalue weighted by Gasteiger charge is -2.20. The van der Waals surface area contributed by atoms with Crippen molar-refractivity contribution in [1.29, 1.82) is 0 Å². The fourth-order valence-electron chi connectivity index (χ4n) is 1.39. The first kappa shape index (κ1) is 13.4. The summed E-state index contributed by atoms with van der Waals surface area (Å²) in [6.45, 7) is 9.14. The summed E-state index contributed by atoms with van der Waals surface area (Å²) in [5.74, 6) is 0.667. The van der Waals surface area contributed by atoms with Gasteiger partial charge in [-0.05, 0) is 45.4 Å². The molecule has 1 aromatic carbocycles. The van der Waals surface area contributed by atoms with Crippen molar-refractivity contribution < 1.29 is 4.21 Å². The van der Waals surface area contributed by atoms with Gasteiger partial charge in [-0.1, -0.05) is 12.1 Å². The molecule has 2 nitrogen and oxygen atoms in total. The lowest BCUT2D eigenvalue weighted by Crippen LogP contribution is -2.38. The van der Waals surface area contributed by atoms with Crippen LogP contribution in [0.5, 0.6) is 0 Å². The minimum absolute atomic E-state index is 0.0941. The number of hydrogen-bond acceptors (Lipinski definition) is 2. The molecule has 90 valence electrons. The summed E-state index contributed by atoms with van der Waals surface area (Å²) >= 11 is 0. The third-order valence-electron chi connectivity index (χ3n) is 2.20. The summed E-state index contributed by atoms with van der Waals surface area (Å²) in [5, 5.41) is 3.34. The van der Waals surface area contributed by atoms with E-state index in [1.54, 1.807) is 0 Å². The van der Waals surface area contributed by atoms with E-state index in [-0.39, 0.29) is 5.54 Å². The smallest absolute Gasteiger partial charge is 0.0542 e. The van der Waals surface area contributed by atoms with E-state index in [1.165, 1.54) is 0 Å². The van der Waals surface area contributed by atoms with Crippen molar-refractivity contribution in [2.24, 2.45) is 0 Å². The van der Waals surface area contributed by atoms with E-state index in [0.717, 1.165) is 17.0 Å². The standard InChI is InChI=1S/C13H21NOS/c1-11-6-5-7-12(10-11)16(15)9-8-14-13(2,3)4/h5-7,10,14H,8-9H2,1-4H3. The number of hydrogen-bond donors (Lipinski definition) is 1. The van der Waals surface area contributed by atoms with Crippen LogP contribution in [0.25, 0.3) is 0 Å². The van der Waals surface area contributed by atoms with Crippen molar-refractivity contribution in [2.45, 2.75) is 38.1 Å². The van der Waals surface area contributed by atoms with Gasteiger partial charge in [-0.25, -0.2) is 0 Å². The van der Waals surface area contributed by atoms with Gasteiger partial charge in [0.2, 0.25) is 0 Å². The molecular weight excluding hydrogens is 218 g/mol. The zero-order chi connectivity index (χ0) is 12.2. The van der Waals surface area contributed by atoms with E-state index in [2.05, 4.69) is 26.1 Å². The number of nitrogens with one attached hydrogen (secondary N) is 1. The van der Waals surface area contributed by atoms with Gasteiger partial charge in [0, 0.05) is 22.7 Å². The van der Waals surface area contributed by atoms with E-state index in [4.69, 9.17) is 0 Å². The van der Waals surface area contributed by atoms with Crippen molar-refractivity contribution in [3.05, 3.63) is 29.8 Å². The molecule has 0 aliphatic heterocycles. The Hall–Kier alpha value is -0.670. The van der Waals surface area contributed by atoms with Crippen LogP contribution in [-0.4, -0.2) is 22.0 Å². The highest BCUT2D eigenvalue weighted by atomic mass is 32.2. The largest absolute Gasteiger partial charge is 0.311 e. The number of rotatable bonds is 4. The minimum Gasteiger partial charge on any atom is -0.311 e. The second-order valence-electron chi connectivity index (χ2n) is 5.04. The SMILES string of the molecule is Cc1cccc(S(=O)CCNC(C)(C)C)c1. The van der Waals surface area contributed by atoms with Gasteiger partial charge in [0.05, 0.1) is 10.8 Å². The van der Waals surface area contributed by atoms with Crippen molar-refractivity contribution in [2.75, 3.05) is 12.3 Å². The maximum absolute atomic E-state index is 12.0. The zero-order valence-electron chi connectivity index (χ0n) is 10.5. The van der Waals surface area contributed by atoms with Crippen LogP contribution >= 0.6 is 0 Å². The van der Waals surface area contributed by atoms with Gasteiger partial charge in [-0.3, -0.25) is 4.21 Å². The lowest BCUT2D eigenvalue weighted by molar-refractivity contribution is 0.440. The molecule has 1 unspecified atom stereocenters. The number of aryl methyl sites for hydroxylation is 1. The summed E-state index contributed by atoms with van der Waals surface area (Å²) in [4.78, 5) is 0.927. The molecule has 0 aromatic heterocycles. The maximum atomic E-state index is 12.0. The van der Waals surface area contributed by atoms with Crippen LogP contribution in [0.3, 0.4) is 0 Å². The van der Waals surface area contributed by atoms with Crippen LogP contribution in [-0.2, 0) is 10.8 Å². The Labute approximate surface area is 101 Å². The molecule has 0 aliphatic carbocycles. The Bertz CT molecular complexity index is 368. The molecule has 0 spiro atoms. The van der Waals surface area contributed by atoms with E-state index in [1.807, 2.05) is 31.2 Å². The summed E-state index contributed by atoms with van der Waals surface area (Å²) in [5.41, 5.74) is 1.26. The number of benzene rings is 1. The zero-order valence-corrected chi connectivity index (χ0v) is 11.4. The molecule has 3 heteroatoms. The quantitative estimate of drug-likeness (QED) is 0.874. The summed E-state index contributed by atoms with van der Waals surface area (Å²) < 4.78 is 12.0. The fraction of sp³-hybridized carbons (Fsp3) is 0.538. The minimum atomic E-state index is -0.891. The first-order valence-electron chi connectivity index (χ1n) is 5.58. The average Bonchev–Trinajstić information content (AvgIpc) is 2.15. The predicted octanol–water partition coefficient (Wildman–Crippen LogP) is 2.49. The Balaban J connectivity index is 2.47. The second-order valence-corrected chi connectivity index (χ2v) is 6.61. The molecule has 0 aliphatic rings. The topological polar surface area (TPSA) is 29.1 Å². The third kappa shape index (κ3) is 4.90. The molecule has 0 saturated carbocycles. The van der Waals surface area contributed by atoms with Gasteiger partial charge in [0.15, 0.2) is 0 Å². The van der Waals surface area contributed by atoms with E-state index in [0.29, 0.717) is 5.75 Å². The van der Waals surface area contributed by atoms with Crippen LogP contribution in [0, 0.1) is 6.92 Å². The van der Waals surface area contributed by atoms with Gasteiger partial charge < -0.3 is 5.32 Å². The molecule has 0 saturated heterocycles. The van der Waals surface area contributed by atoms with Gasteiger partial charge in [0.25, 0.3) is 0 Å². The molecule has 16 heavy (non-hydrogen) atoms. The molecule has 0 bridgehead atoms. The molecule has 0 radical (unpaired) electrons. The molecule has 0 fully saturated rings. The highest BCUT2D eigenvalue weighted by Gasteiger charge is 2.09. The van der Waals surface area contributed by atoms with E-state index < -0.39 is 10.8 Å². The maximum Gasteiger partial charge on any atom is 0.0542 e. The van der Waals surface area contributed by atoms with Crippen LogP contribution in [0.4, 0.5) is 0 Å². The second kappa shape index (κ2) is 5.60. The van der Waals surface area contributed by atoms with Crippen molar-refractivity contribution in [1.82, 2.24) is 5.32 Å². The first-order valence-corrected chi connectivity index (χ1v) is 6.90. The van der Waals surface area contributed by atoms with Crippen LogP contribution < -0.4 is 5.32 Å². The lowest BCUT2D eigenvalue weighted by atomic mass is 10.1. The summed E-state index contributed by atoms with van der Waals surface area (Å²) in [7, 11) is -0.891. The van der Waals surface area contributed by atoms with Gasteiger partial charge in [-0.15, -0.1) is 0 Å². The van der Waals surface area contributed by atoms with Crippen molar-refractivity contribution >= 4 is 10.8 Å². The van der Waals surface area contributed by atoms with Crippen LogP contribution in [0.1, 0.15) is 26.3 Å². The Morgan fingerprint density at radius 1 is 1.31 bits per heavy atom. The van der Waals surface area contributed by atoms with E-state index in [9.17, 15) is 4.21 Å². The van der Waals surface area contributed by atoms with Gasteiger partial charge >= 0.3 is 0 Å². The molecule has 0 amide bonds. The normalized spacial score (nSPS) is 13.8. The van der Waals surface area contributed by atoms with Crippen molar-refractivity contribution in [3.8, 4) is 0 Å². The first-order chi connectivity index (χ1) is 7.38. The van der Waals surface area contributed by atoms with Gasteiger partial charge in [-0.2, -0.15) is 0 Å². The van der Waals surface area contributed by atoms with Gasteiger partial charge in [0.1, 0.15) is 0 Å². The Morgan fingerprint density at radius 2 is 2.00 bits per heavy atom. The molecular formula is C13H21NOS. The van der Waals surface area contributed by atoms with Crippen molar-refractivity contribution in [3.63, 3.8) is 0 Å². The summed E-state index contributed by atoms with van der Waals surface area (Å²) in [6, 6.07) is 7.90. The molecule has 0 heterocycles. The molecule has 1 aromatic rings. The molecule has 1 N–H and O–H groups in total. The average molecular weight is 239 g/mol. The monoisotopic (exact) mass is 239 g/mol. The molecule has 1 rings (SSSR count).